The SMILES string of the molecule is CCS(=O)(=O)Nc1ccc(NC(=O)CC2CC3CCC(C2)N3)cc1OC. The van der Waals surface area contributed by atoms with Gasteiger partial charge in [0.1, 0.15) is 5.75 Å². The van der Waals surface area contributed by atoms with E-state index in [1.165, 1.54) is 20.0 Å². The van der Waals surface area contributed by atoms with Crippen LogP contribution < -0.4 is 20.1 Å². The maximum Gasteiger partial charge on any atom is 0.232 e. The minimum Gasteiger partial charge on any atom is -0.494 e. The lowest BCUT2D eigenvalue weighted by Crippen LogP contribution is -2.39. The lowest BCUT2D eigenvalue weighted by Gasteiger charge is -2.28. The Kier molecular flexibility index (Phi) is 5.72. The van der Waals surface area contributed by atoms with Crippen LogP contribution in [-0.2, 0) is 14.8 Å². The van der Waals surface area contributed by atoms with Crippen LogP contribution in [0.25, 0.3) is 0 Å². The predicted octanol–water partition coefficient (Wildman–Crippen LogP) is 2.32. The van der Waals surface area contributed by atoms with Crippen molar-refractivity contribution in [2.24, 2.45) is 5.92 Å². The highest BCUT2D eigenvalue weighted by Gasteiger charge is 2.34. The van der Waals surface area contributed by atoms with Gasteiger partial charge in [-0.05, 0) is 50.7 Å². The van der Waals surface area contributed by atoms with Crippen LogP contribution in [0.4, 0.5) is 11.4 Å². The van der Waals surface area contributed by atoms with Crippen molar-refractivity contribution in [1.82, 2.24) is 5.32 Å². The first kappa shape index (κ1) is 19.0. The summed E-state index contributed by atoms with van der Waals surface area (Å²) < 4.78 is 31.2. The van der Waals surface area contributed by atoms with Crippen molar-refractivity contribution < 1.29 is 17.9 Å². The number of ether oxygens (including phenoxy) is 1. The molecular weight excluding hydrogens is 354 g/mol. The van der Waals surface area contributed by atoms with Crippen LogP contribution >= 0.6 is 0 Å². The van der Waals surface area contributed by atoms with Crippen molar-refractivity contribution in [2.45, 2.75) is 51.1 Å². The maximum atomic E-state index is 12.4. The summed E-state index contributed by atoms with van der Waals surface area (Å²) in [6.45, 7) is 1.57. The summed E-state index contributed by atoms with van der Waals surface area (Å²) in [5.74, 6) is 0.763. The van der Waals surface area contributed by atoms with E-state index in [1.807, 2.05) is 0 Å². The Morgan fingerprint density at radius 1 is 1.27 bits per heavy atom. The summed E-state index contributed by atoms with van der Waals surface area (Å²) in [5, 5.41) is 6.49. The monoisotopic (exact) mass is 381 g/mol. The van der Waals surface area contributed by atoms with Gasteiger partial charge in [-0.25, -0.2) is 8.42 Å². The smallest absolute Gasteiger partial charge is 0.232 e. The van der Waals surface area contributed by atoms with Gasteiger partial charge < -0.3 is 15.4 Å². The fraction of sp³-hybridized carbons (Fsp3) is 0.611. The molecule has 2 atom stereocenters. The number of hydrogen-bond acceptors (Lipinski definition) is 5. The van der Waals surface area contributed by atoms with E-state index in [1.54, 1.807) is 25.1 Å². The zero-order valence-electron chi connectivity index (χ0n) is 15.2. The van der Waals surface area contributed by atoms with Crippen molar-refractivity contribution in [1.29, 1.82) is 0 Å². The number of fused-ring (bicyclic) bond motifs is 2. The molecule has 2 heterocycles. The van der Waals surface area contributed by atoms with Crippen molar-refractivity contribution in [3.8, 4) is 5.75 Å². The summed E-state index contributed by atoms with van der Waals surface area (Å²) in [5.41, 5.74) is 0.963. The maximum absolute atomic E-state index is 12.4. The van der Waals surface area contributed by atoms with E-state index in [2.05, 4.69) is 15.4 Å². The average molecular weight is 381 g/mol. The number of methoxy groups -OCH3 is 1. The molecule has 8 heteroatoms. The number of rotatable bonds is 7. The second-order valence-electron chi connectivity index (χ2n) is 7.15. The normalized spacial score (nSPS) is 24.9. The van der Waals surface area contributed by atoms with Gasteiger partial charge in [-0.2, -0.15) is 0 Å². The number of piperidine rings is 1. The third-order valence-corrected chi connectivity index (χ3v) is 6.47. The minimum atomic E-state index is -3.39. The molecule has 0 spiro atoms. The lowest BCUT2D eigenvalue weighted by atomic mass is 9.89. The van der Waals surface area contributed by atoms with E-state index < -0.39 is 10.0 Å². The number of benzene rings is 1. The Bertz CT molecular complexity index is 754. The largest absolute Gasteiger partial charge is 0.494 e. The summed E-state index contributed by atoms with van der Waals surface area (Å²) >= 11 is 0. The molecule has 1 aromatic carbocycles. The molecule has 2 fully saturated rings. The molecule has 26 heavy (non-hydrogen) atoms. The van der Waals surface area contributed by atoms with Gasteiger partial charge in [0.05, 0.1) is 18.6 Å². The molecular formula is C18H27N3O4S. The molecule has 144 valence electrons. The molecule has 2 aliphatic heterocycles. The van der Waals surface area contributed by atoms with Crippen LogP contribution in [0.15, 0.2) is 18.2 Å². The number of carbonyl (C=O) groups excluding carboxylic acids is 1. The van der Waals surface area contributed by atoms with E-state index in [9.17, 15) is 13.2 Å². The molecule has 3 rings (SSSR count). The standard InChI is InChI=1S/C18H27N3O4S/c1-3-26(23,24)21-16-7-6-15(11-17(16)25-2)20-18(22)10-12-8-13-4-5-14(9-12)19-13/h6-7,11-14,19,21H,3-5,8-10H2,1-2H3,(H,20,22). The van der Waals surface area contributed by atoms with E-state index in [0.717, 1.165) is 12.8 Å². The van der Waals surface area contributed by atoms with E-state index >= 15 is 0 Å². The van der Waals surface area contributed by atoms with Gasteiger partial charge in [0.2, 0.25) is 15.9 Å². The van der Waals surface area contributed by atoms with Crippen molar-refractivity contribution in [3.63, 3.8) is 0 Å². The van der Waals surface area contributed by atoms with E-state index in [0.29, 0.717) is 41.5 Å². The Hall–Kier alpha value is -1.80. The molecule has 0 aliphatic carbocycles. The van der Waals surface area contributed by atoms with Gasteiger partial charge in [0, 0.05) is 30.3 Å². The van der Waals surface area contributed by atoms with Gasteiger partial charge in [0.15, 0.2) is 0 Å². The van der Waals surface area contributed by atoms with E-state index in [-0.39, 0.29) is 11.7 Å². The summed E-state index contributed by atoms with van der Waals surface area (Å²) in [7, 11) is -1.92. The number of amides is 1. The summed E-state index contributed by atoms with van der Waals surface area (Å²) in [4.78, 5) is 12.4. The van der Waals surface area contributed by atoms with Crippen LogP contribution in [-0.4, -0.2) is 39.3 Å². The van der Waals surface area contributed by atoms with Gasteiger partial charge in [-0.1, -0.05) is 0 Å². The third kappa shape index (κ3) is 4.67. The average Bonchev–Trinajstić information content (AvgIpc) is 2.94. The number of sulfonamides is 1. The molecule has 0 radical (unpaired) electrons. The molecule has 2 saturated heterocycles. The molecule has 1 amide bonds. The summed E-state index contributed by atoms with van der Waals surface area (Å²) in [6, 6.07) is 6.05. The lowest BCUT2D eigenvalue weighted by molar-refractivity contribution is -0.117. The second kappa shape index (κ2) is 7.84. The molecule has 2 bridgehead atoms. The molecule has 1 aromatic rings. The first-order chi connectivity index (χ1) is 12.4. The van der Waals surface area contributed by atoms with Gasteiger partial charge in [-0.3, -0.25) is 9.52 Å². The fourth-order valence-electron chi connectivity index (χ4n) is 3.91. The first-order valence-electron chi connectivity index (χ1n) is 9.13. The molecule has 2 aliphatic rings. The van der Waals surface area contributed by atoms with Crippen LogP contribution in [0.3, 0.4) is 0 Å². The topological polar surface area (TPSA) is 96.5 Å². The molecule has 0 aromatic heterocycles. The Morgan fingerprint density at radius 2 is 1.96 bits per heavy atom. The zero-order chi connectivity index (χ0) is 18.7. The number of hydrogen-bond donors (Lipinski definition) is 3. The van der Waals surface area contributed by atoms with Gasteiger partial charge >= 0.3 is 0 Å². The van der Waals surface area contributed by atoms with Crippen molar-refractivity contribution in [2.75, 3.05) is 22.9 Å². The number of anilines is 2. The van der Waals surface area contributed by atoms with Crippen molar-refractivity contribution >= 4 is 27.3 Å². The third-order valence-electron chi connectivity index (χ3n) is 5.18. The summed E-state index contributed by atoms with van der Waals surface area (Å²) in [6.07, 6.45) is 5.07. The van der Waals surface area contributed by atoms with E-state index in [4.69, 9.17) is 4.74 Å². The number of carbonyl (C=O) groups is 1. The highest BCUT2D eigenvalue weighted by atomic mass is 32.2. The van der Waals surface area contributed by atoms with Gasteiger partial charge in [0.25, 0.3) is 0 Å². The molecule has 3 N–H and O–H groups in total. The van der Waals surface area contributed by atoms with Crippen LogP contribution in [0.2, 0.25) is 0 Å². The quantitative estimate of drug-likeness (QED) is 0.673. The fourth-order valence-corrected chi connectivity index (χ4v) is 4.56. The second-order valence-corrected chi connectivity index (χ2v) is 9.16. The van der Waals surface area contributed by atoms with Crippen LogP contribution in [0.1, 0.15) is 39.0 Å². The Balaban J connectivity index is 1.61. The predicted molar refractivity (Wildman–Crippen MR) is 102 cm³/mol. The highest BCUT2D eigenvalue weighted by Crippen LogP contribution is 2.33. The molecule has 7 nitrogen and oxygen atoms in total. The highest BCUT2D eigenvalue weighted by molar-refractivity contribution is 7.92. The zero-order valence-corrected chi connectivity index (χ0v) is 16.1. The van der Waals surface area contributed by atoms with Gasteiger partial charge in [-0.15, -0.1) is 0 Å². The first-order valence-corrected chi connectivity index (χ1v) is 10.8. The Morgan fingerprint density at radius 3 is 2.58 bits per heavy atom. The Labute approximate surface area is 154 Å². The molecule has 2 unspecified atom stereocenters. The van der Waals surface area contributed by atoms with Crippen LogP contribution in [0.5, 0.6) is 5.75 Å². The van der Waals surface area contributed by atoms with Crippen LogP contribution in [0, 0.1) is 5.92 Å². The van der Waals surface area contributed by atoms with Crippen molar-refractivity contribution in [3.05, 3.63) is 18.2 Å². The minimum absolute atomic E-state index is 0.0137. The molecule has 0 saturated carbocycles. The number of nitrogens with one attached hydrogen (secondary N) is 3.